The summed E-state index contributed by atoms with van der Waals surface area (Å²) in [6, 6.07) is 8.80. The van der Waals surface area contributed by atoms with Gasteiger partial charge in [0.15, 0.2) is 15.7 Å². The van der Waals surface area contributed by atoms with E-state index in [4.69, 9.17) is 16.3 Å². The molecule has 0 saturated carbocycles. The molecule has 1 unspecified atom stereocenters. The summed E-state index contributed by atoms with van der Waals surface area (Å²) in [5.74, 6) is 1.92. The Labute approximate surface area is 265 Å². The molecule has 1 atom stereocenters. The van der Waals surface area contributed by atoms with Crippen LogP contribution < -0.4 is 15.4 Å². The molecule has 3 heterocycles. The number of sulfone groups is 1. The maximum absolute atomic E-state index is 13.0. The van der Waals surface area contributed by atoms with E-state index >= 15 is 0 Å². The average molecular weight is 641 g/mol. The number of hydrogen-bond donors (Lipinski definition) is 2. The normalized spacial score (nSPS) is 17.3. The van der Waals surface area contributed by atoms with Gasteiger partial charge in [0.2, 0.25) is 11.9 Å². The molecule has 1 amide bonds. The number of halogens is 1. The summed E-state index contributed by atoms with van der Waals surface area (Å²) in [5.41, 5.74) is 4.89. The van der Waals surface area contributed by atoms with Crippen molar-refractivity contribution >= 4 is 50.5 Å². The smallest absolute Gasteiger partial charge is 0.236 e. The molecule has 12 heteroatoms. The summed E-state index contributed by atoms with van der Waals surface area (Å²) < 4.78 is 32.3. The van der Waals surface area contributed by atoms with Crippen molar-refractivity contribution in [1.82, 2.24) is 19.8 Å². The van der Waals surface area contributed by atoms with Crippen molar-refractivity contribution in [1.29, 1.82) is 0 Å². The van der Waals surface area contributed by atoms with Gasteiger partial charge in [-0.15, -0.1) is 0 Å². The van der Waals surface area contributed by atoms with Gasteiger partial charge in [0.05, 0.1) is 34.3 Å². The SMILES string of the molecule is Cc1cc(Nc2ncc(Cl)c(Nc3ccccc3S(=O)(=O)C(C)C)n2)c2c(c1C1CCN(CC(=O)N(C)C)CC1)CC(C)O2. The van der Waals surface area contributed by atoms with Crippen molar-refractivity contribution in [2.75, 3.05) is 44.4 Å². The van der Waals surface area contributed by atoms with E-state index in [9.17, 15) is 13.2 Å². The van der Waals surface area contributed by atoms with Gasteiger partial charge in [-0.2, -0.15) is 4.98 Å². The fourth-order valence-electron chi connectivity index (χ4n) is 5.96. The monoisotopic (exact) mass is 640 g/mol. The van der Waals surface area contributed by atoms with Crippen LogP contribution in [0.15, 0.2) is 41.4 Å². The predicted octanol–water partition coefficient (Wildman–Crippen LogP) is 5.70. The highest BCUT2D eigenvalue weighted by Gasteiger charge is 2.32. The number of carbonyl (C=O) groups is 1. The van der Waals surface area contributed by atoms with Crippen molar-refractivity contribution in [2.45, 2.75) is 69.1 Å². The highest BCUT2D eigenvalue weighted by atomic mass is 35.5. The van der Waals surface area contributed by atoms with E-state index in [0.717, 1.165) is 43.8 Å². The number of likely N-dealkylation sites (tertiary alicyclic amines) is 1. The number of anilines is 4. The zero-order valence-electron chi connectivity index (χ0n) is 26.1. The van der Waals surface area contributed by atoms with E-state index in [-0.39, 0.29) is 27.7 Å². The van der Waals surface area contributed by atoms with Crippen molar-refractivity contribution in [3.63, 3.8) is 0 Å². The number of rotatable bonds is 9. The molecule has 3 aromatic rings. The lowest BCUT2D eigenvalue weighted by atomic mass is 9.82. The fourth-order valence-corrected chi connectivity index (χ4v) is 7.30. The highest BCUT2D eigenvalue weighted by molar-refractivity contribution is 7.92. The summed E-state index contributed by atoms with van der Waals surface area (Å²) in [7, 11) is 0.0500. The third-order valence-electron chi connectivity index (χ3n) is 8.35. The van der Waals surface area contributed by atoms with Gasteiger partial charge in [-0.1, -0.05) is 23.7 Å². The Morgan fingerprint density at radius 1 is 1.16 bits per heavy atom. The predicted molar refractivity (Wildman–Crippen MR) is 174 cm³/mol. The zero-order chi connectivity index (χ0) is 31.8. The van der Waals surface area contributed by atoms with Crippen LogP contribution in [0.5, 0.6) is 5.75 Å². The van der Waals surface area contributed by atoms with Crippen molar-refractivity contribution in [3.05, 3.63) is 58.2 Å². The standard InChI is InChI=1S/C32H41ClN6O4S/c1-19(2)44(41,42)27-10-8-7-9-25(27)35-31-24(33)17-34-32(37-31)36-26-15-20(3)29(23-16-21(4)43-30(23)26)22-11-13-39(14-12-22)18-28(40)38(5)6/h7-10,15,17,19,21-22H,11-14,16,18H2,1-6H3,(H2,34,35,36,37). The second-order valence-electron chi connectivity index (χ2n) is 12.2. The number of para-hydroxylation sites is 1. The van der Waals surface area contributed by atoms with E-state index in [1.165, 1.54) is 22.9 Å². The van der Waals surface area contributed by atoms with Crippen LogP contribution in [-0.4, -0.2) is 79.2 Å². The number of hydrogen-bond acceptors (Lipinski definition) is 9. The molecule has 44 heavy (non-hydrogen) atoms. The summed E-state index contributed by atoms with van der Waals surface area (Å²) in [6.45, 7) is 9.72. The van der Waals surface area contributed by atoms with E-state index in [1.807, 2.05) is 0 Å². The summed E-state index contributed by atoms with van der Waals surface area (Å²) in [5, 5.41) is 6.12. The summed E-state index contributed by atoms with van der Waals surface area (Å²) in [6.07, 6.45) is 4.30. The molecule has 0 spiro atoms. The average Bonchev–Trinajstić information content (AvgIpc) is 3.37. The van der Waals surface area contributed by atoms with Crippen LogP contribution in [0.25, 0.3) is 0 Å². The Morgan fingerprint density at radius 2 is 1.86 bits per heavy atom. The first-order valence-corrected chi connectivity index (χ1v) is 16.9. The van der Waals surface area contributed by atoms with Gasteiger partial charge in [-0.3, -0.25) is 9.69 Å². The molecule has 2 aromatic carbocycles. The molecule has 2 aliphatic rings. The Morgan fingerprint density at radius 3 is 2.55 bits per heavy atom. The van der Waals surface area contributed by atoms with Gasteiger partial charge in [0, 0.05) is 26.1 Å². The van der Waals surface area contributed by atoms with Gasteiger partial charge in [0.25, 0.3) is 0 Å². The van der Waals surface area contributed by atoms with Crippen LogP contribution in [0.2, 0.25) is 5.02 Å². The van der Waals surface area contributed by atoms with E-state index in [1.54, 1.807) is 57.1 Å². The van der Waals surface area contributed by atoms with Gasteiger partial charge in [-0.05, 0) is 88.9 Å². The number of fused-ring (bicyclic) bond motifs is 1. The Bertz CT molecular complexity index is 1650. The molecule has 0 radical (unpaired) electrons. The Hall–Kier alpha value is -3.41. The number of carbonyl (C=O) groups excluding carboxylic acids is 1. The van der Waals surface area contributed by atoms with Gasteiger partial charge < -0.3 is 20.3 Å². The Kier molecular flexibility index (Phi) is 9.38. The maximum atomic E-state index is 13.0. The summed E-state index contributed by atoms with van der Waals surface area (Å²) in [4.78, 5) is 25.3. The molecule has 2 N–H and O–H groups in total. The first-order chi connectivity index (χ1) is 20.8. The number of likely N-dealkylation sites (N-methyl/N-ethyl adjacent to an activating group) is 1. The lowest BCUT2D eigenvalue weighted by molar-refractivity contribution is -0.130. The zero-order valence-corrected chi connectivity index (χ0v) is 27.7. The minimum absolute atomic E-state index is 0.0340. The van der Waals surface area contributed by atoms with E-state index < -0.39 is 15.1 Å². The number of benzene rings is 2. The number of aryl methyl sites for hydroxylation is 1. The van der Waals surface area contributed by atoms with Crippen LogP contribution in [0.1, 0.15) is 56.2 Å². The molecular formula is C32H41ClN6O4S. The Balaban J connectivity index is 1.39. The molecule has 10 nitrogen and oxygen atoms in total. The van der Waals surface area contributed by atoms with E-state index in [2.05, 4.69) is 45.4 Å². The van der Waals surface area contributed by atoms with Crippen LogP contribution in [0, 0.1) is 6.92 Å². The third-order valence-corrected chi connectivity index (χ3v) is 10.8. The molecule has 2 aliphatic heterocycles. The number of aromatic nitrogens is 2. The second-order valence-corrected chi connectivity index (χ2v) is 15.0. The quantitative estimate of drug-likeness (QED) is 0.304. The van der Waals surface area contributed by atoms with E-state index in [0.29, 0.717) is 24.1 Å². The summed E-state index contributed by atoms with van der Waals surface area (Å²) >= 11 is 6.46. The van der Waals surface area contributed by atoms with Crippen LogP contribution in [0.4, 0.5) is 23.1 Å². The number of nitrogens with zero attached hydrogens (tertiary/aromatic N) is 4. The number of ether oxygens (including phenoxy) is 1. The van der Waals surface area contributed by atoms with Crippen molar-refractivity contribution < 1.29 is 17.9 Å². The minimum atomic E-state index is -3.54. The molecule has 1 saturated heterocycles. The number of piperidine rings is 1. The molecule has 0 bridgehead atoms. The highest BCUT2D eigenvalue weighted by Crippen LogP contribution is 2.46. The third kappa shape index (κ3) is 6.64. The molecule has 5 rings (SSSR count). The fraction of sp³-hybridized carbons (Fsp3) is 0.469. The molecule has 236 valence electrons. The van der Waals surface area contributed by atoms with Crippen LogP contribution >= 0.6 is 11.6 Å². The van der Waals surface area contributed by atoms with Gasteiger partial charge in [-0.25, -0.2) is 13.4 Å². The first-order valence-electron chi connectivity index (χ1n) is 15.0. The second kappa shape index (κ2) is 12.9. The van der Waals surface area contributed by atoms with Gasteiger partial charge in [0.1, 0.15) is 16.9 Å². The minimum Gasteiger partial charge on any atom is -0.488 e. The van der Waals surface area contributed by atoms with Gasteiger partial charge >= 0.3 is 0 Å². The topological polar surface area (TPSA) is 117 Å². The number of amides is 1. The largest absolute Gasteiger partial charge is 0.488 e. The van der Waals surface area contributed by atoms with Crippen molar-refractivity contribution in [2.24, 2.45) is 0 Å². The molecular weight excluding hydrogens is 600 g/mol. The first kappa shape index (κ1) is 32.0. The molecule has 0 aliphatic carbocycles. The molecule has 1 fully saturated rings. The van der Waals surface area contributed by atoms with Crippen LogP contribution in [-0.2, 0) is 21.1 Å². The lowest BCUT2D eigenvalue weighted by Gasteiger charge is -2.33. The lowest BCUT2D eigenvalue weighted by Crippen LogP contribution is -2.40. The molecule has 1 aromatic heterocycles. The maximum Gasteiger partial charge on any atom is 0.236 e. The number of nitrogens with one attached hydrogen (secondary N) is 2. The van der Waals surface area contributed by atoms with Crippen molar-refractivity contribution in [3.8, 4) is 5.75 Å². The van der Waals surface area contributed by atoms with Crippen LogP contribution in [0.3, 0.4) is 0 Å².